The van der Waals surface area contributed by atoms with Gasteiger partial charge < -0.3 is 14.7 Å². The van der Waals surface area contributed by atoms with Crippen LogP contribution >= 0.6 is 0 Å². The van der Waals surface area contributed by atoms with Crippen molar-refractivity contribution < 1.29 is 14.1 Å². The average Bonchev–Trinajstić information content (AvgIpc) is 2.67. The topological polar surface area (TPSA) is 75.4 Å². The van der Waals surface area contributed by atoms with Gasteiger partial charge in [-0.05, 0) is 34.1 Å². The fourth-order valence-corrected chi connectivity index (χ4v) is 2.57. The largest absolute Gasteiger partial charge is 0.361 e. The Morgan fingerprint density at radius 2 is 2.00 bits per heavy atom. The van der Waals surface area contributed by atoms with Crippen molar-refractivity contribution in [1.82, 2.24) is 15.4 Å². The lowest BCUT2D eigenvalue weighted by Gasteiger charge is -2.42. The number of nitrogens with one attached hydrogen (secondary N) is 1. The van der Waals surface area contributed by atoms with Crippen LogP contribution in [-0.4, -0.2) is 33.5 Å². The summed E-state index contributed by atoms with van der Waals surface area (Å²) in [6.07, 6.45) is 0.580. The van der Waals surface area contributed by atoms with E-state index in [-0.39, 0.29) is 11.8 Å². The van der Waals surface area contributed by atoms with E-state index in [1.54, 1.807) is 18.7 Å². The summed E-state index contributed by atoms with van der Waals surface area (Å²) >= 11 is 0. The maximum absolute atomic E-state index is 12.6. The van der Waals surface area contributed by atoms with Gasteiger partial charge in [-0.3, -0.25) is 9.59 Å². The highest BCUT2D eigenvalue weighted by Gasteiger charge is 2.44. The van der Waals surface area contributed by atoms with Crippen LogP contribution in [0.15, 0.2) is 4.52 Å². The summed E-state index contributed by atoms with van der Waals surface area (Å²) in [5.74, 6) is 0.502. The molecule has 1 unspecified atom stereocenters. The number of hydrogen-bond acceptors (Lipinski definition) is 4. The van der Waals surface area contributed by atoms with Crippen LogP contribution in [0.5, 0.6) is 0 Å². The van der Waals surface area contributed by atoms with Gasteiger partial charge in [-0.15, -0.1) is 0 Å². The fourth-order valence-electron chi connectivity index (χ4n) is 2.57. The summed E-state index contributed by atoms with van der Waals surface area (Å²) in [5, 5.41) is 6.68. The van der Waals surface area contributed by atoms with Gasteiger partial charge in [-0.25, -0.2) is 0 Å². The van der Waals surface area contributed by atoms with Gasteiger partial charge in [-0.2, -0.15) is 0 Å². The van der Waals surface area contributed by atoms with Crippen LogP contribution in [0.25, 0.3) is 0 Å². The predicted octanol–water partition coefficient (Wildman–Crippen LogP) is 1.31. The van der Waals surface area contributed by atoms with Crippen LogP contribution < -0.4 is 5.32 Å². The molecule has 0 spiro atoms. The summed E-state index contributed by atoms with van der Waals surface area (Å²) in [4.78, 5) is 26.4. The van der Waals surface area contributed by atoms with Crippen molar-refractivity contribution in [1.29, 1.82) is 0 Å². The Labute approximate surface area is 118 Å². The first-order valence-electron chi connectivity index (χ1n) is 6.82. The monoisotopic (exact) mass is 279 g/mol. The minimum Gasteiger partial charge on any atom is -0.361 e. The number of piperazine rings is 1. The number of aryl methyl sites for hydroxylation is 2. The fraction of sp³-hybridized carbons (Fsp3) is 0.643. The number of amides is 2. The third-order valence-corrected chi connectivity index (χ3v) is 3.81. The smallest absolute Gasteiger partial charge is 0.248 e. The first kappa shape index (κ1) is 14.6. The Balaban J connectivity index is 2.35. The molecule has 2 heterocycles. The van der Waals surface area contributed by atoms with Crippen LogP contribution in [0.4, 0.5) is 0 Å². The molecule has 1 aromatic heterocycles. The Bertz CT molecular complexity index is 528. The van der Waals surface area contributed by atoms with E-state index in [1.807, 2.05) is 20.8 Å². The van der Waals surface area contributed by atoms with Crippen LogP contribution in [0.2, 0.25) is 0 Å². The number of rotatable bonds is 3. The molecule has 0 bridgehead atoms. The second-order valence-electron chi connectivity index (χ2n) is 5.77. The number of hydrogen-bond donors (Lipinski definition) is 1. The molecular weight excluding hydrogens is 258 g/mol. The van der Waals surface area contributed by atoms with E-state index in [1.165, 1.54) is 0 Å². The first-order valence-corrected chi connectivity index (χ1v) is 6.82. The molecule has 0 radical (unpaired) electrons. The van der Waals surface area contributed by atoms with Crippen molar-refractivity contribution in [3.05, 3.63) is 17.0 Å². The Hall–Kier alpha value is -1.85. The molecule has 1 saturated heterocycles. The molecule has 6 nitrogen and oxygen atoms in total. The van der Waals surface area contributed by atoms with Gasteiger partial charge >= 0.3 is 0 Å². The molecule has 6 heteroatoms. The minimum absolute atomic E-state index is 0.0797. The molecule has 1 fully saturated rings. The quantitative estimate of drug-likeness (QED) is 0.905. The lowest BCUT2D eigenvalue weighted by atomic mass is 9.95. The van der Waals surface area contributed by atoms with E-state index in [0.717, 1.165) is 11.3 Å². The average molecular weight is 279 g/mol. The van der Waals surface area contributed by atoms with Crippen LogP contribution in [0.3, 0.4) is 0 Å². The number of nitrogens with zero attached hydrogens (tertiary/aromatic N) is 2. The van der Waals surface area contributed by atoms with Gasteiger partial charge in [0.15, 0.2) is 0 Å². The van der Waals surface area contributed by atoms with Crippen LogP contribution in [-0.2, 0) is 16.1 Å². The Morgan fingerprint density at radius 3 is 2.50 bits per heavy atom. The maximum Gasteiger partial charge on any atom is 0.248 e. The second kappa shape index (κ2) is 4.92. The van der Waals surface area contributed by atoms with Gasteiger partial charge in [0.2, 0.25) is 11.8 Å². The summed E-state index contributed by atoms with van der Waals surface area (Å²) in [6.45, 7) is 9.35. The molecular formula is C14H21N3O3. The number of carbonyl (C=O) groups excluding carboxylic acids is 2. The Kier molecular flexibility index (Phi) is 3.58. The van der Waals surface area contributed by atoms with Crippen LogP contribution in [0.1, 0.15) is 44.2 Å². The third-order valence-electron chi connectivity index (χ3n) is 3.81. The zero-order valence-electron chi connectivity index (χ0n) is 12.6. The van der Waals surface area contributed by atoms with E-state index in [0.29, 0.717) is 18.7 Å². The highest BCUT2D eigenvalue weighted by atomic mass is 16.5. The highest BCUT2D eigenvalue weighted by Crippen LogP contribution is 2.24. The third kappa shape index (κ3) is 2.30. The summed E-state index contributed by atoms with van der Waals surface area (Å²) < 4.78 is 5.13. The predicted molar refractivity (Wildman–Crippen MR) is 72.8 cm³/mol. The summed E-state index contributed by atoms with van der Waals surface area (Å²) in [7, 11) is 0. The lowest BCUT2D eigenvalue weighted by Crippen LogP contribution is -2.67. The molecule has 20 heavy (non-hydrogen) atoms. The molecule has 2 rings (SSSR count). The molecule has 2 amide bonds. The Morgan fingerprint density at radius 1 is 1.35 bits per heavy atom. The SMILES string of the molecule is CCC1C(=O)NC(C)(C)C(=O)N1Cc1c(C)noc1C. The normalized spacial score (nSPS) is 22.1. The molecule has 1 aromatic rings. The van der Waals surface area contributed by atoms with Gasteiger partial charge in [0.1, 0.15) is 17.3 Å². The van der Waals surface area contributed by atoms with E-state index >= 15 is 0 Å². The molecule has 1 atom stereocenters. The first-order chi connectivity index (χ1) is 9.27. The zero-order valence-corrected chi connectivity index (χ0v) is 12.6. The van der Waals surface area contributed by atoms with Crippen molar-refractivity contribution in [3.63, 3.8) is 0 Å². The standard InChI is InChI=1S/C14H21N3O3/c1-6-11-12(18)15-14(4,5)13(19)17(11)7-10-8(2)16-20-9(10)3/h11H,6-7H2,1-5H3,(H,15,18). The van der Waals surface area contributed by atoms with E-state index in [2.05, 4.69) is 10.5 Å². The zero-order chi connectivity index (χ0) is 15.1. The molecule has 1 aliphatic rings. The van der Waals surface area contributed by atoms with Gasteiger partial charge in [0.05, 0.1) is 12.2 Å². The van der Waals surface area contributed by atoms with Gasteiger partial charge in [0.25, 0.3) is 0 Å². The number of carbonyl (C=O) groups is 2. The molecule has 110 valence electrons. The van der Waals surface area contributed by atoms with Crippen molar-refractivity contribution in [2.45, 2.75) is 59.2 Å². The van der Waals surface area contributed by atoms with E-state index in [4.69, 9.17) is 4.52 Å². The minimum atomic E-state index is -0.873. The second-order valence-corrected chi connectivity index (χ2v) is 5.77. The van der Waals surface area contributed by atoms with Crippen molar-refractivity contribution in [2.75, 3.05) is 0 Å². The summed E-state index contributed by atoms with van der Waals surface area (Å²) in [6, 6.07) is -0.441. The van der Waals surface area contributed by atoms with Gasteiger partial charge in [0, 0.05) is 5.56 Å². The van der Waals surface area contributed by atoms with E-state index in [9.17, 15) is 9.59 Å². The molecule has 0 aliphatic carbocycles. The summed E-state index contributed by atoms with van der Waals surface area (Å²) in [5.41, 5.74) is 0.762. The molecule has 1 N–H and O–H groups in total. The van der Waals surface area contributed by atoms with Crippen molar-refractivity contribution in [2.24, 2.45) is 0 Å². The van der Waals surface area contributed by atoms with Crippen molar-refractivity contribution >= 4 is 11.8 Å². The molecule has 1 aliphatic heterocycles. The highest BCUT2D eigenvalue weighted by molar-refractivity contribution is 5.99. The van der Waals surface area contributed by atoms with E-state index < -0.39 is 11.6 Å². The van der Waals surface area contributed by atoms with Crippen molar-refractivity contribution in [3.8, 4) is 0 Å². The molecule has 0 saturated carbocycles. The van der Waals surface area contributed by atoms with Crippen LogP contribution in [0, 0.1) is 13.8 Å². The molecule has 0 aromatic carbocycles. The number of aromatic nitrogens is 1. The van der Waals surface area contributed by atoms with Gasteiger partial charge in [-0.1, -0.05) is 12.1 Å². The maximum atomic E-state index is 12.6. The lowest BCUT2D eigenvalue weighted by molar-refractivity contribution is -0.154.